The molecule has 0 N–H and O–H groups in total. The molecule has 0 atom stereocenters. The highest BCUT2D eigenvalue weighted by Crippen LogP contribution is 2.29. The van der Waals surface area contributed by atoms with Crippen molar-refractivity contribution in [3.63, 3.8) is 0 Å². The fraction of sp³-hybridized carbons (Fsp3) is 0.400. The number of hydrogen-bond acceptors (Lipinski definition) is 5. The van der Waals surface area contributed by atoms with Gasteiger partial charge in [-0.15, -0.1) is 0 Å². The first-order valence-electron chi connectivity index (χ1n) is 8.91. The zero-order valence-corrected chi connectivity index (χ0v) is 17.0. The summed E-state index contributed by atoms with van der Waals surface area (Å²) in [7, 11) is -0.300. The molecule has 0 spiro atoms. The van der Waals surface area contributed by atoms with Crippen LogP contribution in [-0.2, 0) is 10.0 Å². The number of aryl methyl sites for hydroxylation is 2. The van der Waals surface area contributed by atoms with Crippen LogP contribution in [0.25, 0.3) is 0 Å². The number of anilines is 1. The minimum atomic E-state index is -3.53. The zero-order chi connectivity index (χ0) is 19.6. The van der Waals surface area contributed by atoms with Gasteiger partial charge in [-0.1, -0.05) is 6.07 Å². The van der Waals surface area contributed by atoms with E-state index in [4.69, 9.17) is 9.47 Å². The summed E-state index contributed by atoms with van der Waals surface area (Å²) in [4.78, 5) is 2.54. The summed E-state index contributed by atoms with van der Waals surface area (Å²) in [5.74, 6) is 1.50. The average Bonchev–Trinajstić information content (AvgIpc) is 2.69. The molecule has 1 saturated heterocycles. The zero-order valence-electron chi connectivity index (χ0n) is 16.2. The van der Waals surface area contributed by atoms with E-state index in [2.05, 4.69) is 4.90 Å². The Hall–Kier alpha value is -2.25. The predicted molar refractivity (Wildman–Crippen MR) is 106 cm³/mol. The highest BCUT2D eigenvalue weighted by Gasteiger charge is 2.30. The molecule has 2 aromatic rings. The number of benzene rings is 2. The second-order valence-electron chi connectivity index (χ2n) is 6.68. The molecule has 1 aliphatic heterocycles. The van der Waals surface area contributed by atoms with Crippen LogP contribution in [-0.4, -0.2) is 53.1 Å². The molecule has 0 radical (unpaired) electrons. The van der Waals surface area contributed by atoms with E-state index in [1.807, 2.05) is 31.2 Å². The topological polar surface area (TPSA) is 59.1 Å². The molecule has 0 saturated carbocycles. The SMILES string of the molecule is COc1cccc(N2CCN(S(=O)(=O)c3cc(C)c(OC)cc3C)CC2)c1. The minimum absolute atomic E-state index is 0.357. The van der Waals surface area contributed by atoms with Gasteiger partial charge in [0, 0.05) is 37.9 Å². The molecule has 6 nitrogen and oxygen atoms in total. The molecular weight excluding hydrogens is 364 g/mol. The molecule has 0 aliphatic carbocycles. The van der Waals surface area contributed by atoms with Crippen LogP contribution in [0.2, 0.25) is 0 Å². The van der Waals surface area contributed by atoms with Crippen molar-refractivity contribution in [2.75, 3.05) is 45.3 Å². The third kappa shape index (κ3) is 3.89. The Morgan fingerprint density at radius 2 is 1.59 bits per heavy atom. The molecule has 0 unspecified atom stereocenters. The van der Waals surface area contributed by atoms with Crippen molar-refractivity contribution in [2.24, 2.45) is 0 Å². The molecule has 0 bridgehead atoms. The third-order valence-electron chi connectivity index (χ3n) is 4.97. The summed E-state index contributed by atoms with van der Waals surface area (Å²) >= 11 is 0. The fourth-order valence-electron chi connectivity index (χ4n) is 3.39. The lowest BCUT2D eigenvalue weighted by Gasteiger charge is -2.35. The number of nitrogens with zero attached hydrogens (tertiary/aromatic N) is 2. The minimum Gasteiger partial charge on any atom is -0.497 e. The van der Waals surface area contributed by atoms with E-state index in [1.54, 1.807) is 37.6 Å². The van der Waals surface area contributed by atoms with Crippen molar-refractivity contribution >= 4 is 15.7 Å². The first-order valence-corrected chi connectivity index (χ1v) is 10.3. The summed E-state index contributed by atoms with van der Waals surface area (Å²) in [6, 6.07) is 11.3. The Morgan fingerprint density at radius 3 is 2.22 bits per heavy atom. The number of hydrogen-bond donors (Lipinski definition) is 0. The van der Waals surface area contributed by atoms with Gasteiger partial charge in [0.05, 0.1) is 19.1 Å². The predicted octanol–water partition coefficient (Wildman–Crippen LogP) is 2.83. The number of rotatable bonds is 5. The number of piperazine rings is 1. The van der Waals surface area contributed by atoms with E-state index in [0.717, 1.165) is 17.0 Å². The van der Waals surface area contributed by atoms with Gasteiger partial charge in [0.15, 0.2) is 0 Å². The Bertz CT molecular complexity index is 920. The number of sulfonamides is 1. The summed E-state index contributed by atoms with van der Waals surface area (Å²) < 4.78 is 38.4. The van der Waals surface area contributed by atoms with Gasteiger partial charge >= 0.3 is 0 Å². The van der Waals surface area contributed by atoms with Gasteiger partial charge < -0.3 is 14.4 Å². The second-order valence-corrected chi connectivity index (χ2v) is 8.59. The van der Waals surface area contributed by atoms with Crippen LogP contribution < -0.4 is 14.4 Å². The number of ether oxygens (including phenoxy) is 2. The molecule has 3 rings (SSSR count). The molecule has 1 fully saturated rings. The third-order valence-corrected chi connectivity index (χ3v) is 7.01. The van der Waals surface area contributed by atoms with Crippen molar-refractivity contribution in [1.29, 1.82) is 0 Å². The number of methoxy groups -OCH3 is 2. The van der Waals surface area contributed by atoms with Crippen LogP contribution >= 0.6 is 0 Å². The molecule has 1 aliphatic rings. The quantitative estimate of drug-likeness (QED) is 0.786. The van der Waals surface area contributed by atoms with E-state index < -0.39 is 10.0 Å². The van der Waals surface area contributed by atoms with E-state index >= 15 is 0 Å². The lowest BCUT2D eigenvalue weighted by Crippen LogP contribution is -2.48. The van der Waals surface area contributed by atoms with E-state index in [9.17, 15) is 8.42 Å². The molecular formula is C20H26N2O4S. The van der Waals surface area contributed by atoms with Gasteiger partial charge in [-0.3, -0.25) is 0 Å². The van der Waals surface area contributed by atoms with Crippen molar-refractivity contribution in [2.45, 2.75) is 18.7 Å². The first-order chi connectivity index (χ1) is 12.9. The van der Waals surface area contributed by atoms with Crippen molar-refractivity contribution in [3.8, 4) is 11.5 Å². The molecule has 0 aromatic heterocycles. The van der Waals surface area contributed by atoms with E-state index in [-0.39, 0.29) is 0 Å². The van der Waals surface area contributed by atoms with Gasteiger partial charge in [0.1, 0.15) is 11.5 Å². The molecule has 0 amide bonds. The van der Waals surface area contributed by atoms with Crippen LogP contribution in [0.4, 0.5) is 5.69 Å². The Kier molecular flexibility index (Phi) is 5.62. The van der Waals surface area contributed by atoms with Gasteiger partial charge in [-0.05, 0) is 49.2 Å². The van der Waals surface area contributed by atoms with Crippen LogP contribution in [0.1, 0.15) is 11.1 Å². The summed E-state index contributed by atoms with van der Waals surface area (Å²) in [5, 5.41) is 0. The Morgan fingerprint density at radius 1 is 0.889 bits per heavy atom. The lowest BCUT2D eigenvalue weighted by molar-refractivity contribution is 0.383. The Labute approximate surface area is 161 Å². The maximum absolute atomic E-state index is 13.2. The van der Waals surface area contributed by atoms with E-state index in [1.165, 1.54) is 0 Å². The van der Waals surface area contributed by atoms with Gasteiger partial charge in [0.2, 0.25) is 10.0 Å². The van der Waals surface area contributed by atoms with Crippen LogP contribution in [0.15, 0.2) is 41.3 Å². The molecule has 27 heavy (non-hydrogen) atoms. The maximum atomic E-state index is 13.2. The molecule has 1 heterocycles. The molecule has 2 aromatic carbocycles. The second kappa shape index (κ2) is 7.78. The maximum Gasteiger partial charge on any atom is 0.243 e. The van der Waals surface area contributed by atoms with Crippen molar-refractivity contribution in [1.82, 2.24) is 4.31 Å². The summed E-state index contributed by atoms with van der Waals surface area (Å²) in [5.41, 5.74) is 2.56. The fourth-order valence-corrected chi connectivity index (χ4v) is 5.11. The van der Waals surface area contributed by atoms with E-state index in [0.29, 0.717) is 42.4 Å². The summed E-state index contributed by atoms with van der Waals surface area (Å²) in [6.45, 7) is 5.84. The normalized spacial score (nSPS) is 15.6. The summed E-state index contributed by atoms with van der Waals surface area (Å²) in [6.07, 6.45) is 0. The highest BCUT2D eigenvalue weighted by atomic mass is 32.2. The highest BCUT2D eigenvalue weighted by molar-refractivity contribution is 7.89. The van der Waals surface area contributed by atoms with Crippen LogP contribution in [0.5, 0.6) is 11.5 Å². The van der Waals surface area contributed by atoms with Crippen molar-refractivity contribution < 1.29 is 17.9 Å². The largest absolute Gasteiger partial charge is 0.497 e. The molecule has 146 valence electrons. The van der Waals surface area contributed by atoms with Crippen LogP contribution in [0, 0.1) is 13.8 Å². The average molecular weight is 391 g/mol. The molecule has 7 heteroatoms. The van der Waals surface area contributed by atoms with Crippen LogP contribution in [0.3, 0.4) is 0 Å². The van der Waals surface area contributed by atoms with Crippen molar-refractivity contribution in [3.05, 3.63) is 47.5 Å². The van der Waals surface area contributed by atoms with Gasteiger partial charge in [0.25, 0.3) is 0 Å². The smallest absolute Gasteiger partial charge is 0.243 e. The van der Waals surface area contributed by atoms with Gasteiger partial charge in [-0.25, -0.2) is 8.42 Å². The monoisotopic (exact) mass is 390 g/mol. The standard InChI is InChI=1S/C20H26N2O4S/c1-15-13-20(16(2)12-19(15)26-4)27(23,24)22-10-8-21(9-11-22)17-6-5-7-18(14-17)25-3/h5-7,12-14H,8-11H2,1-4H3. The lowest BCUT2D eigenvalue weighted by atomic mass is 10.1. The Balaban J connectivity index is 1.78. The van der Waals surface area contributed by atoms with Gasteiger partial charge in [-0.2, -0.15) is 4.31 Å². The first kappa shape index (κ1) is 19.5.